The summed E-state index contributed by atoms with van der Waals surface area (Å²) in [7, 11) is 0. The van der Waals surface area contributed by atoms with E-state index in [9.17, 15) is 30.2 Å². The highest BCUT2D eigenvalue weighted by Gasteiger charge is 2.39. The van der Waals surface area contributed by atoms with Gasteiger partial charge in [0.15, 0.2) is 0 Å². The molecule has 3 saturated heterocycles. The second-order valence-electron chi connectivity index (χ2n) is 20.8. The van der Waals surface area contributed by atoms with Crippen molar-refractivity contribution in [3.63, 3.8) is 0 Å². The number of nitriles is 3. The Morgan fingerprint density at radius 2 is 0.719 bits per heavy atom. The number of carbonyl (C=O) groups is 3. The average molecular weight is 878 g/mol. The van der Waals surface area contributed by atoms with Crippen LogP contribution in [0.1, 0.15) is 119 Å². The Morgan fingerprint density at radius 1 is 0.484 bits per heavy atom. The third-order valence-electron chi connectivity index (χ3n) is 13.5. The van der Waals surface area contributed by atoms with Gasteiger partial charge in [-0.1, -0.05) is 41.5 Å². The van der Waals surface area contributed by atoms with Crippen LogP contribution in [0.2, 0.25) is 0 Å². The predicted molar refractivity (Wildman–Crippen MR) is 239 cm³/mol. The van der Waals surface area contributed by atoms with Gasteiger partial charge >= 0.3 is 17.9 Å². The first-order valence-electron chi connectivity index (χ1n) is 22.9. The summed E-state index contributed by atoms with van der Waals surface area (Å²) in [6, 6.07) is 6.12. The van der Waals surface area contributed by atoms with Crippen LogP contribution in [0, 0.1) is 56.2 Å². The number of nitrogens with zero attached hydrogens (tertiary/aromatic N) is 6. The molecule has 0 radical (unpaired) electrons. The summed E-state index contributed by atoms with van der Waals surface area (Å²) in [5, 5.41) is 31.1. The molecule has 344 valence electrons. The molecule has 64 heavy (non-hydrogen) atoms. The second kappa shape index (κ2) is 19.5. The molecule has 0 saturated carbocycles. The van der Waals surface area contributed by atoms with Gasteiger partial charge in [-0.05, 0) is 93.3 Å². The zero-order chi connectivity index (χ0) is 46.6. The Balaban J connectivity index is 1.28. The van der Waals surface area contributed by atoms with Gasteiger partial charge in [-0.2, -0.15) is 15.8 Å². The number of rotatable bonds is 12. The maximum absolute atomic E-state index is 13.9. The standard InChI is InChI=1S/C49H67N9O6/c1-47(2)19-32(41(53)38(22-47)56-13-7-8-14-56)35(25-50)44(59)62-28-31(29-63-45(60)36(26-51)33-20-48(3,4)23-39(42(33)54)57-15-9-10-16-57)30-64-46(61)37(27-52)34-21-49(5,6)24-40(43(34)55)58-17-11-12-18-58/h31H,7-24,28-30,53-55H2,1-6H3/b35-32+,36-33+,37-34+. The highest BCUT2D eigenvalue weighted by Crippen LogP contribution is 2.46. The van der Waals surface area contributed by atoms with Crippen LogP contribution >= 0.6 is 0 Å². The minimum absolute atomic E-state index is 0.227. The lowest BCUT2D eigenvalue weighted by Gasteiger charge is -2.38. The van der Waals surface area contributed by atoms with Gasteiger partial charge in [0.2, 0.25) is 0 Å². The van der Waals surface area contributed by atoms with E-state index in [1.165, 1.54) is 0 Å². The van der Waals surface area contributed by atoms with E-state index in [1.807, 2.05) is 18.2 Å². The van der Waals surface area contributed by atoms with Crippen LogP contribution in [0.4, 0.5) is 0 Å². The molecule has 0 bridgehead atoms. The van der Waals surface area contributed by atoms with Crippen LogP contribution in [0.25, 0.3) is 0 Å². The van der Waals surface area contributed by atoms with Crippen molar-refractivity contribution in [2.75, 3.05) is 59.1 Å². The van der Waals surface area contributed by atoms with E-state index in [2.05, 4.69) is 56.2 Å². The fourth-order valence-corrected chi connectivity index (χ4v) is 10.2. The topological polar surface area (TPSA) is 238 Å². The number of carbonyl (C=O) groups excluding carboxylic acids is 3. The van der Waals surface area contributed by atoms with Crippen LogP contribution < -0.4 is 17.2 Å². The molecule has 3 fully saturated rings. The molecule has 15 heteroatoms. The molecule has 15 nitrogen and oxygen atoms in total. The van der Waals surface area contributed by atoms with Crippen molar-refractivity contribution in [1.82, 2.24) is 14.7 Å². The summed E-state index contributed by atoms with van der Waals surface area (Å²) >= 11 is 0. The van der Waals surface area contributed by atoms with Crippen LogP contribution in [-0.2, 0) is 28.6 Å². The number of allylic oxidation sites excluding steroid dienone is 6. The monoisotopic (exact) mass is 878 g/mol. The highest BCUT2D eigenvalue weighted by molar-refractivity contribution is 5.96. The number of ether oxygens (including phenoxy) is 3. The van der Waals surface area contributed by atoms with Gasteiger partial charge in [-0.3, -0.25) is 0 Å². The van der Waals surface area contributed by atoms with Gasteiger partial charge in [0.25, 0.3) is 0 Å². The van der Waals surface area contributed by atoms with Gasteiger partial charge < -0.3 is 46.1 Å². The molecule has 0 aromatic carbocycles. The Morgan fingerprint density at radius 3 is 0.938 bits per heavy atom. The molecular weight excluding hydrogens is 811 g/mol. The summed E-state index contributed by atoms with van der Waals surface area (Å²) in [6.07, 6.45) is 9.43. The maximum atomic E-state index is 13.9. The van der Waals surface area contributed by atoms with Crippen molar-refractivity contribution in [1.29, 1.82) is 15.8 Å². The van der Waals surface area contributed by atoms with E-state index in [1.54, 1.807) is 0 Å². The fraction of sp³-hybridized carbons (Fsp3) is 0.633. The van der Waals surface area contributed by atoms with Crippen molar-refractivity contribution in [2.24, 2.45) is 39.4 Å². The smallest absolute Gasteiger partial charge is 0.349 e. The van der Waals surface area contributed by atoms with Gasteiger partial charge in [0, 0.05) is 73.1 Å². The van der Waals surface area contributed by atoms with Gasteiger partial charge in [0.1, 0.15) is 54.7 Å². The highest BCUT2D eigenvalue weighted by atomic mass is 16.6. The molecular formula is C49H67N9O6. The molecule has 0 amide bonds. The Hall–Kier alpha value is -5.88. The summed E-state index contributed by atoms with van der Waals surface area (Å²) in [6.45, 7) is 16.2. The van der Waals surface area contributed by atoms with E-state index in [0.29, 0.717) is 72.3 Å². The number of likely N-dealkylation sites (tertiary alicyclic amines) is 3. The van der Waals surface area contributed by atoms with E-state index in [4.69, 9.17) is 31.4 Å². The first-order valence-corrected chi connectivity index (χ1v) is 22.9. The van der Waals surface area contributed by atoms with Gasteiger partial charge in [-0.15, -0.1) is 0 Å². The Kier molecular flexibility index (Phi) is 14.5. The number of hydrogen-bond donors (Lipinski definition) is 3. The molecule has 6 rings (SSSR count). The van der Waals surface area contributed by atoms with E-state index in [-0.39, 0.29) is 33.0 Å². The Bertz CT molecular complexity index is 1970. The van der Waals surface area contributed by atoms with Gasteiger partial charge in [0.05, 0.1) is 23.0 Å². The maximum Gasteiger partial charge on any atom is 0.349 e. The normalized spacial score (nSPS) is 24.3. The van der Waals surface area contributed by atoms with Crippen LogP contribution in [0.5, 0.6) is 0 Å². The van der Waals surface area contributed by atoms with Gasteiger partial charge in [-0.25, -0.2) is 14.4 Å². The lowest BCUT2D eigenvalue weighted by atomic mass is 9.74. The van der Waals surface area contributed by atoms with Crippen molar-refractivity contribution in [2.45, 2.75) is 119 Å². The van der Waals surface area contributed by atoms with Crippen molar-refractivity contribution < 1.29 is 28.6 Å². The molecule has 0 aromatic rings. The lowest BCUT2D eigenvalue weighted by Crippen LogP contribution is -2.34. The zero-order valence-electron chi connectivity index (χ0n) is 38.8. The van der Waals surface area contributed by atoms with Crippen molar-refractivity contribution in [3.8, 4) is 18.2 Å². The fourth-order valence-electron chi connectivity index (χ4n) is 10.2. The summed E-state index contributed by atoms with van der Waals surface area (Å²) in [5.74, 6) is -3.74. The summed E-state index contributed by atoms with van der Waals surface area (Å²) in [5.41, 5.74) is 23.8. The average Bonchev–Trinajstić information content (AvgIpc) is 4.07. The number of esters is 3. The summed E-state index contributed by atoms with van der Waals surface area (Å²) in [4.78, 5) is 48.3. The van der Waals surface area contributed by atoms with E-state index >= 15 is 0 Å². The minimum atomic E-state index is -0.973. The molecule has 0 aromatic heterocycles. The Labute approximate surface area is 378 Å². The quantitative estimate of drug-likeness (QED) is 0.0889. The molecule has 3 aliphatic carbocycles. The van der Waals surface area contributed by atoms with Crippen LogP contribution in [-0.4, -0.2) is 91.7 Å². The third-order valence-corrected chi connectivity index (χ3v) is 13.5. The molecule has 6 aliphatic rings. The van der Waals surface area contributed by atoms with Crippen molar-refractivity contribution in [3.05, 3.63) is 67.6 Å². The van der Waals surface area contributed by atoms with Crippen LogP contribution in [0.3, 0.4) is 0 Å². The SMILES string of the molecule is CC1(C)CC(N2CCCC2)=C(N)/C(=C(\C#N)C(=O)OCC(COC(=O)/C(C#N)=C2\CC(C)(C)CC(N3CCCC3)=C2N)COC(=O)/C(C#N)=C2\CC(C)(C)CC(N3CCCC3)=C2N)C1. The largest absolute Gasteiger partial charge is 0.461 e. The lowest BCUT2D eigenvalue weighted by molar-refractivity contribution is -0.148. The summed E-state index contributed by atoms with van der Waals surface area (Å²) < 4.78 is 17.3. The van der Waals surface area contributed by atoms with Crippen LogP contribution in [0.15, 0.2) is 67.6 Å². The molecule has 0 spiro atoms. The van der Waals surface area contributed by atoms with E-state index < -0.39 is 43.6 Å². The molecule has 3 heterocycles. The second-order valence-corrected chi connectivity index (χ2v) is 20.8. The van der Waals surface area contributed by atoms with E-state index in [0.717, 1.165) is 94.9 Å². The predicted octanol–water partition coefficient (Wildman–Crippen LogP) is 5.95. The molecule has 3 aliphatic heterocycles. The molecule has 6 N–H and O–H groups in total. The molecule has 0 unspecified atom stereocenters. The first kappa shape index (κ1) is 47.6. The third kappa shape index (κ3) is 10.7. The number of hydrogen-bond acceptors (Lipinski definition) is 15. The molecule has 0 atom stereocenters. The minimum Gasteiger partial charge on any atom is -0.461 e. The zero-order valence-corrected chi connectivity index (χ0v) is 38.8. The number of nitrogens with two attached hydrogens (primary N) is 3. The van der Waals surface area contributed by atoms with Crippen molar-refractivity contribution >= 4 is 17.9 Å². The first-order chi connectivity index (χ1) is 30.3.